The highest BCUT2D eigenvalue weighted by molar-refractivity contribution is 5.28. The first-order valence-corrected chi connectivity index (χ1v) is 8.82. The Morgan fingerprint density at radius 1 is 1.29 bits per heavy atom. The van der Waals surface area contributed by atoms with E-state index in [1.165, 1.54) is 38.5 Å². The zero-order chi connectivity index (χ0) is 15.3. The monoisotopic (exact) mass is 288 g/mol. The molecule has 0 aromatic carbocycles. The number of hydrogen-bond donors (Lipinski definition) is 1. The van der Waals surface area contributed by atoms with Crippen LogP contribution in [0.5, 0.6) is 0 Å². The molecule has 1 heteroatoms. The van der Waals surface area contributed by atoms with Crippen molar-refractivity contribution in [3.05, 3.63) is 24.3 Å². The largest absolute Gasteiger partial charge is 0.396 e. The highest BCUT2D eigenvalue weighted by Gasteiger charge is 2.54. The van der Waals surface area contributed by atoms with E-state index in [-0.39, 0.29) is 5.41 Å². The summed E-state index contributed by atoms with van der Waals surface area (Å²) in [5, 5.41) is 9.99. The Kier molecular flexibility index (Phi) is 3.64. The minimum atomic E-state index is 0.137. The van der Waals surface area contributed by atoms with Gasteiger partial charge >= 0.3 is 0 Å². The van der Waals surface area contributed by atoms with Gasteiger partial charge in [-0.2, -0.15) is 0 Å². The number of allylic oxidation sites excluding steroid dienone is 3. The van der Waals surface area contributed by atoms with E-state index in [1.807, 2.05) is 0 Å². The molecule has 0 saturated heterocycles. The summed E-state index contributed by atoms with van der Waals surface area (Å²) in [6.45, 7) is 11.6. The summed E-state index contributed by atoms with van der Waals surface area (Å²) in [5.74, 6) is 1.42. The molecular weight excluding hydrogens is 256 g/mol. The molecule has 0 spiro atoms. The number of aliphatic hydroxyl groups excluding tert-OH is 1. The molecule has 5 atom stereocenters. The predicted molar refractivity (Wildman–Crippen MR) is 89.0 cm³/mol. The van der Waals surface area contributed by atoms with E-state index in [4.69, 9.17) is 0 Å². The maximum atomic E-state index is 9.99. The second-order valence-corrected chi connectivity index (χ2v) is 8.84. The van der Waals surface area contributed by atoms with Crippen molar-refractivity contribution in [2.45, 2.75) is 65.7 Å². The Labute approximate surface area is 130 Å². The van der Waals surface area contributed by atoms with Crippen molar-refractivity contribution in [1.82, 2.24) is 0 Å². The zero-order valence-corrected chi connectivity index (χ0v) is 14.1. The van der Waals surface area contributed by atoms with Crippen molar-refractivity contribution in [2.75, 3.05) is 6.61 Å². The lowest BCUT2D eigenvalue weighted by molar-refractivity contribution is -0.0558. The Balaban J connectivity index is 1.96. The smallest absolute Gasteiger partial charge is 0.0487 e. The van der Waals surface area contributed by atoms with E-state index >= 15 is 0 Å². The molecule has 0 aromatic rings. The minimum Gasteiger partial charge on any atom is -0.396 e. The SMILES string of the molecule is C=C[C@@]1(C)CC=C2[C@@H](CC[C@@H]3[C@@](C)(CO)CCC[C@]23C)C1. The van der Waals surface area contributed by atoms with Crippen LogP contribution >= 0.6 is 0 Å². The summed E-state index contributed by atoms with van der Waals surface area (Å²) in [6.07, 6.45) is 13.6. The van der Waals surface area contributed by atoms with Crippen LogP contribution in [0.4, 0.5) is 0 Å². The van der Waals surface area contributed by atoms with Gasteiger partial charge in [-0.05, 0) is 66.6 Å². The third-order valence-electron chi connectivity index (χ3n) is 7.31. The molecule has 0 aromatic heterocycles. The summed E-state index contributed by atoms with van der Waals surface area (Å²) >= 11 is 0. The van der Waals surface area contributed by atoms with Crippen molar-refractivity contribution in [1.29, 1.82) is 0 Å². The maximum absolute atomic E-state index is 9.99. The molecule has 1 N–H and O–H groups in total. The van der Waals surface area contributed by atoms with Gasteiger partial charge in [-0.25, -0.2) is 0 Å². The molecule has 0 aliphatic heterocycles. The van der Waals surface area contributed by atoms with Crippen LogP contribution in [0.25, 0.3) is 0 Å². The average molecular weight is 288 g/mol. The Bertz CT molecular complexity index is 464. The normalized spacial score (nSPS) is 49.8. The van der Waals surface area contributed by atoms with Crippen LogP contribution in [-0.2, 0) is 0 Å². The third-order valence-corrected chi connectivity index (χ3v) is 7.31. The van der Waals surface area contributed by atoms with Crippen LogP contribution in [0.1, 0.15) is 65.7 Å². The van der Waals surface area contributed by atoms with Gasteiger partial charge in [0.2, 0.25) is 0 Å². The molecule has 2 saturated carbocycles. The summed E-state index contributed by atoms with van der Waals surface area (Å²) < 4.78 is 0. The second-order valence-electron chi connectivity index (χ2n) is 8.84. The lowest BCUT2D eigenvalue weighted by Crippen LogP contribution is -2.51. The highest BCUT2D eigenvalue weighted by Crippen LogP contribution is 2.63. The van der Waals surface area contributed by atoms with Gasteiger partial charge in [-0.1, -0.05) is 44.9 Å². The Hall–Kier alpha value is -0.560. The van der Waals surface area contributed by atoms with Crippen LogP contribution in [0, 0.1) is 28.1 Å². The molecule has 2 fully saturated rings. The molecule has 21 heavy (non-hydrogen) atoms. The molecule has 3 aliphatic carbocycles. The van der Waals surface area contributed by atoms with Gasteiger partial charge in [0.05, 0.1) is 0 Å². The average Bonchev–Trinajstić information content (AvgIpc) is 2.46. The van der Waals surface area contributed by atoms with E-state index in [9.17, 15) is 5.11 Å². The van der Waals surface area contributed by atoms with Crippen molar-refractivity contribution < 1.29 is 5.11 Å². The molecule has 1 nitrogen and oxygen atoms in total. The van der Waals surface area contributed by atoms with Gasteiger partial charge in [0.15, 0.2) is 0 Å². The number of hydrogen-bond acceptors (Lipinski definition) is 1. The number of aliphatic hydroxyl groups is 1. The lowest BCUT2D eigenvalue weighted by Gasteiger charge is -2.59. The molecule has 0 amide bonds. The van der Waals surface area contributed by atoms with E-state index < -0.39 is 0 Å². The van der Waals surface area contributed by atoms with Crippen LogP contribution in [0.15, 0.2) is 24.3 Å². The van der Waals surface area contributed by atoms with Gasteiger partial charge < -0.3 is 5.11 Å². The van der Waals surface area contributed by atoms with Gasteiger partial charge in [-0.3, -0.25) is 0 Å². The van der Waals surface area contributed by atoms with Crippen LogP contribution < -0.4 is 0 Å². The Morgan fingerprint density at radius 2 is 2.05 bits per heavy atom. The highest BCUT2D eigenvalue weighted by atomic mass is 16.3. The first-order valence-electron chi connectivity index (χ1n) is 8.82. The van der Waals surface area contributed by atoms with Gasteiger partial charge in [0.1, 0.15) is 0 Å². The molecule has 3 rings (SSSR count). The van der Waals surface area contributed by atoms with Crippen LogP contribution in [0.2, 0.25) is 0 Å². The van der Waals surface area contributed by atoms with Crippen LogP contribution in [0.3, 0.4) is 0 Å². The predicted octanol–water partition coefficient (Wildman–Crippen LogP) is 5.11. The molecule has 3 aliphatic rings. The molecular formula is C20H32O. The maximum Gasteiger partial charge on any atom is 0.0487 e. The molecule has 118 valence electrons. The van der Waals surface area contributed by atoms with E-state index in [0.29, 0.717) is 23.4 Å². The standard InChI is InChI=1S/C20H32O/c1-5-18(2)12-9-16-15(13-18)7-8-17-19(3,14-21)10-6-11-20(16,17)4/h5,9,15,17,21H,1,6-8,10-14H2,2-4H3/t15-,17+,18-,19+,20+/m0/s1. The lowest BCUT2D eigenvalue weighted by atomic mass is 9.46. The summed E-state index contributed by atoms with van der Waals surface area (Å²) in [7, 11) is 0. The zero-order valence-electron chi connectivity index (χ0n) is 14.1. The Morgan fingerprint density at radius 3 is 2.71 bits per heavy atom. The quantitative estimate of drug-likeness (QED) is 0.700. The fourth-order valence-corrected chi connectivity index (χ4v) is 5.94. The number of rotatable bonds is 2. The van der Waals surface area contributed by atoms with Gasteiger partial charge in [0.25, 0.3) is 0 Å². The van der Waals surface area contributed by atoms with Crippen molar-refractivity contribution in [2.24, 2.45) is 28.1 Å². The summed E-state index contributed by atoms with van der Waals surface area (Å²) in [4.78, 5) is 0. The van der Waals surface area contributed by atoms with Crippen LogP contribution in [-0.4, -0.2) is 11.7 Å². The second kappa shape index (κ2) is 4.98. The fraction of sp³-hybridized carbons (Fsp3) is 0.800. The fourth-order valence-electron chi connectivity index (χ4n) is 5.94. The first-order chi connectivity index (χ1) is 9.87. The molecule has 0 unspecified atom stereocenters. The topological polar surface area (TPSA) is 20.2 Å². The molecule has 0 radical (unpaired) electrons. The summed E-state index contributed by atoms with van der Waals surface area (Å²) in [5.41, 5.74) is 2.50. The van der Waals surface area contributed by atoms with Crippen molar-refractivity contribution in [3.8, 4) is 0 Å². The van der Waals surface area contributed by atoms with Crippen molar-refractivity contribution in [3.63, 3.8) is 0 Å². The van der Waals surface area contributed by atoms with E-state index in [1.54, 1.807) is 5.57 Å². The van der Waals surface area contributed by atoms with Gasteiger partial charge in [0, 0.05) is 6.61 Å². The van der Waals surface area contributed by atoms with Gasteiger partial charge in [-0.15, -0.1) is 6.58 Å². The minimum absolute atomic E-state index is 0.137. The van der Waals surface area contributed by atoms with E-state index in [0.717, 1.165) is 12.3 Å². The molecule has 0 heterocycles. The van der Waals surface area contributed by atoms with Crippen molar-refractivity contribution >= 4 is 0 Å². The number of fused-ring (bicyclic) bond motifs is 3. The van der Waals surface area contributed by atoms with E-state index in [2.05, 4.69) is 39.5 Å². The third kappa shape index (κ3) is 2.23. The summed E-state index contributed by atoms with van der Waals surface area (Å²) in [6, 6.07) is 0. The molecule has 0 bridgehead atoms. The first kappa shape index (κ1) is 15.3.